The minimum Gasteiger partial charge on any atom is -0.772 e. The standard InChI is InChI=1S/C8H17IO2S/c9-7-5-3-1-2-4-6-8-12(10)11/h1-8H2,(H,10,11)/p-1. The number of alkyl halides is 1. The van der Waals surface area contributed by atoms with Crippen molar-refractivity contribution in [3.8, 4) is 0 Å². The molecule has 0 aliphatic rings. The van der Waals surface area contributed by atoms with Crippen LogP contribution in [-0.4, -0.2) is 18.9 Å². The summed E-state index contributed by atoms with van der Waals surface area (Å²) in [5, 5.41) is 0. The fraction of sp³-hybridized carbons (Fsp3) is 1.00. The lowest BCUT2D eigenvalue weighted by atomic mass is 10.1. The van der Waals surface area contributed by atoms with Gasteiger partial charge in [0.2, 0.25) is 0 Å². The zero-order chi connectivity index (χ0) is 9.23. The summed E-state index contributed by atoms with van der Waals surface area (Å²) >= 11 is 0.557. The lowest BCUT2D eigenvalue weighted by molar-refractivity contribution is 0.531. The molecule has 0 saturated carbocycles. The average Bonchev–Trinajstić information content (AvgIpc) is 2.02. The molecule has 0 aliphatic carbocycles. The van der Waals surface area contributed by atoms with Gasteiger partial charge >= 0.3 is 0 Å². The Hall–Kier alpha value is 0.840. The van der Waals surface area contributed by atoms with E-state index >= 15 is 0 Å². The van der Waals surface area contributed by atoms with Crippen LogP contribution in [0.5, 0.6) is 0 Å². The lowest BCUT2D eigenvalue weighted by Crippen LogP contribution is -1.94. The molecule has 4 heteroatoms. The van der Waals surface area contributed by atoms with Gasteiger partial charge < -0.3 is 4.55 Å². The number of rotatable bonds is 8. The van der Waals surface area contributed by atoms with Crippen LogP contribution in [-0.2, 0) is 11.1 Å². The first kappa shape index (κ1) is 12.8. The van der Waals surface area contributed by atoms with E-state index in [1.165, 1.54) is 30.1 Å². The molecular formula is C8H16IO2S-. The van der Waals surface area contributed by atoms with E-state index in [1.54, 1.807) is 0 Å². The van der Waals surface area contributed by atoms with Gasteiger partial charge in [-0.15, -0.1) is 0 Å². The summed E-state index contributed by atoms with van der Waals surface area (Å²) in [6, 6.07) is 0. The van der Waals surface area contributed by atoms with Crippen LogP contribution in [0, 0.1) is 0 Å². The Morgan fingerprint density at radius 3 is 2.00 bits per heavy atom. The topological polar surface area (TPSA) is 40.1 Å². The zero-order valence-corrected chi connectivity index (χ0v) is 10.2. The quantitative estimate of drug-likeness (QED) is 0.299. The molecule has 0 rings (SSSR count). The highest BCUT2D eigenvalue weighted by Crippen LogP contribution is 2.06. The Kier molecular flexibility index (Phi) is 10.6. The fourth-order valence-electron chi connectivity index (χ4n) is 1.02. The molecule has 0 radical (unpaired) electrons. The van der Waals surface area contributed by atoms with Crippen LogP contribution >= 0.6 is 22.6 Å². The van der Waals surface area contributed by atoms with E-state index < -0.39 is 11.1 Å². The van der Waals surface area contributed by atoms with Crippen LogP contribution < -0.4 is 0 Å². The first-order valence-electron chi connectivity index (χ1n) is 4.39. The number of unbranched alkanes of at least 4 members (excludes halogenated alkanes) is 5. The third-order valence-corrected chi connectivity index (χ3v) is 3.08. The smallest absolute Gasteiger partial charge is 0.0102 e. The molecule has 12 heavy (non-hydrogen) atoms. The molecule has 0 spiro atoms. The van der Waals surface area contributed by atoms with E-state index in [0.29, 0.717) is 5.75 Å². The molecule has 0 N–H and O–H groups in total. The summed E-state index contributed by atoms with van der Waals surface area (Å²) in [7, 11) is 0. The zero-order valence-electron chi connectivity index (χ0n) is 7.26. The van der Waals surface area contributed by atoms with Gasteiger partial charge in [-0.2, -0.15) is 0 Å². The Balaban J connectivity index is 2.86. The molecule has 0 bridgehead atoms. The SMILES string of the molecule is O=S([O-])CCCCCCCCI. The molecule has 1 atom stereocenters. The van der Waals surface area contributed by atoms with Crippen molar-refractivity contribution in [2.45, 2.75) is 38.5 Å². The van der Waals surface area contributed by atoms with Crippen molar-refractivity contribution < 1.29 is 8.76 Å². The maximum Gasteiger partial charge on any atom is 0.0102 e. The van der Waals surface area contributed by atoms with Gasteiger partial charge in [-0.1, -0.05) is 59.4 Å². The van der Waals surface area contributed by atoms with Crippen molar-refractivity contribution in [3.05, 3.63) is 0 Å². The van der Waals surface area contributed by atoms with Gasteiger partial charge in [0.25, 0.3) is 0 Å². The predicted octanol–water partition coefficient (Wildman–Crippen LogP) is 2.64. The highest BCUT2D eigenvalue weighted by atomic mass is 127. The molecule has 74 valence electrons. The van der Waals surface area contributed by atoms with Crippen molar-refractivity contribution >= 4 is 33.7 Å². The van der Waals surface area contributed by atoms with Crippen LogP contribution in [0.3, 0.4) is 0 Å². The summed E-state index contributed by atoms with van der Waals surface area (Å²) in [6.07, 6.45) is 6.94. The van der Waals surface area contributed by atoms with Gasteiger partial charge in [-0.25, -0.2) is 0 Å². The fourth-order valence-corrected chi connectivity index (χ4v) is 2.00. The lowest BCUT2D eigenvalue weighted by Gasteiger charge is -2.03. The van der Waals surface area contributed by atoms with Crippen LogP contribution in [0.4, 0.5) is 0 Å². The van der Waals surface area contributed by atoms with Crippen molar-refractivity contribution in [1.82, 2.24) is 0 Å². The van der Waals surface area contributed by atoms with Crippen molar-refractivity contribution in [2.75, 3.05) is 10.2 Å². The maximum atomic E-state index is 10.1. The van der Waals surface area contributed by atoms with Crippen molar-refractivity contribution in [2.24, 2.45) is 0 Å². The highest BCUT2D eigenvalue weighted by Gasteiger charge is 1.90. The summed E-state index contributed by atoms with van der Waals surface area (Å²) in [5.74, 6) is 0.340. The van der Waals surface area contributed by atoms with E-state index in [4.69, 9.17) is 0 Å². The average molecular weight is 303 g/mol. The largest absolute Gasteiger partial charge is 0.772 e. The van der Waals surface area contributed by atoms with Crippen LogP contribution in [0.25, 0.3) is 0 Å². The van der Waals surface area contributed by atoms with Gasteiger partial charge in [0.15, 0.2) is 0 Å². The first-order valence-corrected chi connectivity index (χ1v) is 7.16. The minimum absolute atomic E-state index is 0.340. The molecular weight excluding hydrogens is 287 g/mol. The summed E-state index contributed by atoms with van der Waals surface area (Å²) in [4.78, 5) is 0. The number of halogens is 1. The van der Waals surface area contributed by atoms with Gasteiger partial charge in [-0.05, 0) is 17.3 Å². The minimum atomic E-state index is -1.83. The third kappa shape index (κ3) is 10.8. The Labute approximate surface area is 90.9 Å². The van der Waals surface area contributed by atoms with Crippen molar-refractivity contribution in [3.63, 3.8) is 0 Å². The summed E-state index contributed by atoms with van der Waals surface area (Å²) in [5.41, 5.74) is 0. The molecule has 2 nitrogen and oxygen atoms in total. The molecule has 1 unspecified atom stereocenters. The first-order chi connectivity index (χ1) is 5.77. The molecule has 0 amide bonds. The normalized spacial score (nSPS) is 13.2. The van der Waals surface area contributed by atoms with Gasteiger partial charge in [0, 0.05) is 5.75 Å². The molecule has 0 fully saturated rings. The van der Waals surface area contributed by atoms with Crippen molar-refractivity contribution in [1.29, 1.82) is 0 Å². The molecule has 0 aliphatic heterocycles. The third-order valence-electron chi connectivity index (χ3n) is 1.69. The molecule has 0 aromatic heterocycles. The molecule has 0 saturated heterocycles. The van der Waals surface area contributed by atoms with Gasteiger partial charge in [0.05, 0.1) is 0 Å². The molecule has 0 aromatic carbocycles. The van der Waals surface area contributed by atoms with Crippen LogP contribution in [0.2, 0.25) is 0 Å². The maximum absolute atomic E-state index is 10.1. The Morgan fingerprint density at radius 1 is 1.00 bits per heavy atom. The molecule has 0 aromatic rings. The summed E-state index contributed by atoms with van der Waals surface area (Å²) in [6.45, 7) is 0. The Bertz CT molecular complexity index is 120. The van der Waals surface area contributed by atoms with E-state index in [9.17, 15) is 8.76 Å². The monoisotopic (exact) mass is 303 g/mol. The second-order valence-electron chi connectivity index (χ2n) is 2.82. The number of hydrogen-bond donors (Lipinski definition) is 0. The second kappa shape index (κ2) is 9.92. The Morgan fingerprint density at radius 2 is 1.50 bits per heavy atom. The van der Waals surface area contributed by atoms with E-state index in [1.807, 2.05) is 0 Å². The van der Waals surface area contributed by atoms with Gasteiger partial charge in [0.1, 0.15) is 0 Å². The van der Waals surface area contributed by atoms with Crippen LogP contribution in [0.1, 0.15) is 38.5 Å². The predicted molar refractivity (Wildman–Crippen MR) is 60.4 cm³/mol. The van der Waals surface area contributed by atoms with E-state index in [2.05, 4.69) is 22.6 Å². The number of hydrogen-bond acceptors (Lipinski definition) is 2. The van der Waals surface area contributed by atoms with Gasteiger partial charge in [-0.3, -0.25) is 4.21 Å². The van der Waals surface area contributed by atoms with E-state index in [0.717, 1.165) is 12.8 Å². The van der Waals surface area contributed by atoms with Crippen LogP contribution in [0.15, 0.2) is 0 Å². The molecule has 0 heterocycles. The second-order valence-corrected chi connectivity index (χ2v) is 4.91. The highest BCUT2D eigenvalue weighted by molar-refractivity contribution is 14.1. The van der Waals surface area contributed by atoms with E-state index in [-0.39, 0.29) is 0 Å². The summed E-state index contributed by atoms with van der Waals surface area (Å²) < 4.78 is 21.5.